The van der Waals surface area contributed by atoms with Crippen LogP contribution in [0.25, 0.3) is 11.0 Å². The third-order valence-electron chi connectivity index (χ3n) is 4.18. The average Bonchev–Trinajstić information content (AvgIpc) is 3.17. The van der Waals surface area contributed by atoms with Crippen LogP contribution in [0.15, 0.2) is 35.6 Å². The molecule has 0 aliphatic rings. The van der Waals surface area contributed by atoms with E-state index in [9.17, 15) is 4.79 Å². The molecule has 2 aromatic heterocycles. The van der Waals surface area contributed by atoms with Gasteiger partial charge in [0.25, 0.3) is 5.91 Å². The molecule has 9 nitrogen and oxygen atoms in total. The maximum absolute atomic E-state index is 12.1. The second-order valence-corrected chi connectivity index (χ2v) is 8.07. The summed E-state index contributed by atoms with van der Waals surface area (Å²) in [4.78, 5) is 21.3. The summed E-state index contributed by atoms with van der Waals surface area (Å²) in [6, 6.07) is 6.86. The zero-order valence-corrected chi connectivity index (χ0v) is 19.0. The predicted octanol–water partition coefficient (Wildman–Crippen LogP) is 2.85. The molecule has 1 amide bonds. The monoisotopic (exact) mass is 464 g/mol. The number of amides is 1. The molecule has 2 heterocycles. The van der Waals surface area contributed by atoms with Crippen LogP contribution in [0.1, 0.15) is 6.92 Å². The summed E-state index contributed by atoms with van der Waals surface area (Å²) in [5.41, 5.74) is 0.720. The van der Waals surface area contributed by atoms with Gasteiger partial charge in [-0.15, -0.1) is 0 Å². The fourth-order valence-electron chi connectivity index (χ4n) is 2.73. The highest BCUT2D eigenvalue weighted by Gasteiger charge is 2.13. The number of hydrogen-bond acceptors (Lipinski definition) is 8. The number of carbonyl (C=O) groups is 1. The number of carbonyl (C=O) groups excluding carboxylic acids is 1. The Kier molecular flexibility index (Phi) is 8.74. The Hall–Kier alpha value is -2.56. The topological polar surface area (TPSA) is 103 Å². The van der Waals surface area contributed by atoms with Gasteiger partial charge in [0.15, 0.2) is 17.4 Å². The fraction of sp³-hybridized carbons (Fsp3) is 0.400. The second-order valence-electron chi connectivity index (χ2n) is 6.40. The summed E-state index contributed by atoms with van der Waals surface area (Å²) < 4.78 is 12.3. The summed E-state index contributed by atoms with van der Waals surface area (Å²) in [7, 11) is 1.66. The van der Waals surface area contributed by atoms with Crippen molar-refractivity contribution in [2.24, 2.45) is 0 Å². The molecule has 3 aromatic rings. The Labute approximate surface area is 189 Å². The molecule has 0 radical (unpaired) electrons. The minimum Gasteiger partial charge on any atom is -0.484 e. The highest BCUT2D eigenvalue weighted by molar-refractivity contribution is 7.99. The van der Waals surface area contributed by atoms with Crippen molar-refractivity contribution in [2.75, 3.05) is 44.5 Å². The predicted molar refractivity (Wildman–Crippen MR) is 122 cm³/mol. The molecule has 0 saturated heterocycles. The van der Waals surface area contributed by atoms with E-state index in [1.54, 1.807) is 54.0 Å². The summed E-state index contributed by atoms with van der Waals surface area (Å²) in [5, 5.41) is 12.6. The van der Waals surface area contributed by atoms with Crippen molar-refractivity contribution in [3.63, 3.8) is 0 Å². The smallest absolute Gasteiger partial charge is 0.258 e. The van der Waals surface area contributed by atoms with Gasteiger partial charge in [-0.1, -0.05) is 30.3 Å². The largest absolute Gasteiger partial charge is 0.484 e. The average molecular weight is 465 g/mol. The summed E-state index contributed by atoms with van der Waals surface area (Å²) in [6.07, 6.45) is 1.73. The number of anilines is 1. The molecule has 2 N–H and O–H groups in total. The molecular weight excluding hydrogens is 440 g/mol. The van der Waals surface area contributed by atoms with E-state index < -0.39 is 0 Å². The van der Waals surface area contributed by atoms with Crippen LogP contribution in [0.3, 0.4) is 0 Å². The lowest BCUT2D eigenvalue weighted by atomic mass is 10.3. The normalized spacial score (nSPS) is 10.9. The minimum absolute atomic E-state index is 0.0749. The molecule has 0 aliphatic heterocycles. The van der Waals surface area contributed by atoms with E-state index in [-0.39, 0.29) is 12.5 Å². The number of benzene rings is 1. The Morgan fingerprint density at radius 3 is 2.77 bits per heavy atom. The number of halogens is 1. The number of nitrogens with one attached hydrogen (secondary N) is 2. The summed E-state index contributed by atoms with van der Waals surface area (Å²) in [5.74, 6) is 1.96. The lowest BCUT2D eigenvalue weighted by molar-refractivity contribution is -0.123. The molecule has 166 valence electrons. The SMILES string of the molecule is CCSc1nc(NCCOC)c2cnn(CCNC(=O)COc3ccc(Cl)cc3)c2n1. The van der Waals surface area contributed by atoms with Gasteiger partial charge >= 0.3 is 0 Å². The zero-order chi connectivity index (χ0) is 22.1. The molecule has 0 aliphatic carbocycles. The number of nitrogens with zero attached hydrogens (tertiary/aromatic N) is 4. The molecule has 0 unspecified atom stereocenters. The van der Waals surface area contributed by atoms with Gasteiger partial charge in [0.05, 0.1) is 24.7 Å². The molecule has 0 spiro atoms. The third-order valence-corrected chi connectivity index (χ3v) is 5.16. The van der Waals surface area contributed by atoms with Gasteiger partial charge in [-0.3, -0.25) is 4.79 Å². The first kappa shape index (κ1) is 23.1. The van der Waals surface area contributed by atoms with Crippen molar-refractivity contribution in [1.29, 1.82) is 0 Å². The van der Waals surface area contributed by atoms with E-state index in [2.05, 4.69) is 32.6 Å². The van der Waals surface area contributed by atoms with Crippen LogP contribution in [0.5, 0.6) is 5.75 Å². The Balaban J connectivity index is 1.59. The van der Waals surface area contributed by atoms with Gasteiger partial charge in [0.1, 0.15) is 11.6 Å². The molecule has 0 atom stereocenters. The van der Waals surface area contributed by atoms with Crippen molar-refractivity contribution in [3.05, 3.63) is 35.5 Å². The van der Waals surface area contributed by atoms with Crippen molar-refractivity contribution in [2.45, 2.75) is 18.6 Å². The number of methoxy groups -OCH3 is 1. The molecule has 0 saturated carbocycles. The van der Waals surface area contributed by atoms with Gasteiger partial charge in [-0.25, -0.2) is 14.6 Å². The standard InChI is InChI=1S/C20H25ClN6O3S/c1-3-31-20-25-18(23-9-11-29-2)16-12-24-27(19(16)26-20)10-8-22-17(28)13-30-15-6-4-14(21)5-7-15/h4-7,12H,3,8-11,13H2,1-2H3,(H,22,28)(H,23,25,26). The summed E-state index contributed by atoms with van der Waals surface area (Å²) in [6.45, 7) is 4.05. The van der Waals surface area contributed by atoms with Crippen LogP contribution in [0.4, 0.5) is 5.82 Å². The van der Waals surface area contributed by atoms with Crippen LogP contribution >= 0.6 is 23.4 Å². The van der Waals surface area contributed by atoms with Gasteiger partial charge in [-0.2, -0.15) is 5.10 Å². The third kappa shape index (κ3) is 6.71. The second kappa shape index (κ2) is 11.7. The first-order valence-corrected chi connectivity index (χ1v) is 11.2. The number of thioether (sulfide) groups is 1. The number of ether oxygens (including phenoxy) is 2. The number of hydrogen-bond donors (Lipinski definition) is 2. The van der Waals surface area contributed by atoms with Gasteiger partial charge < -0.3 is 20.1 Å². The molecule has 0 fully saturated rings. The van der Waals surface area contributed by atoms with Crippen LogP contribution in [0, 0.1) is 0 Å². The zero-order valence-electron chi connectivity index (χ0n) is 17.4. The van der Waals surface area contributed by atoms with E-state index in [0.29, 0.717) is 42.2 Å². The number of rotatable bonds is 12. The van der Waals surface area contributed by atoms with Crippen molar-refractivity contribution in [3.8, 4) is 5.75 Å². The van der Waals surface area contributed by atoms with Crippen molar-refractivity contribution in [1.82, 2.24) is 25.1 Å². The van der Waals surface area contributed by atoms with E-state index in [4.69, 9.17) is 21.1 Å². The molecular formula is C20H25ClN6O3S. The molecule has 0 bridgehead atoms. The molecule has 1 aromatic carbocycles. The molecule has 31 heavy (non-hydrogen) atoms. The Bertz CT molecular complexity index is 998. The number of aromatic nitrogens is 4. The van der Waals surface area contributed by atoms with Crippen LogP contribution < -0.4 is 15.4 Å². The van der Waals surface area contributed by atoms with Crippen molar-refractivity contribution < 1.29 is 14.3 Å². The molecule has 3 rings (SSSR count). The van der Waals surface area contributed by atoms with Gasteiger partial charge in [0.2, 0.25) is 0 Å². The first-order chi connectivity index (χ1) is 15.1. The van der Waals surface area contributed by atoms with Gasteiger partial charge in [0, 0.05) is 25.2 Å². The van der Waals surface area contributed by atoms with E-state index in [1.807, 2.05) is 0 Å². The quantitative estimate of drug-likeness (QED) is 0.239. The minimum atomic E-state index is -0.217. The van der Waals surface area contributed by atoms with Crippen LogP contribution in [-0.2, 0) is 16.1 Å². The lowest BCUT2D eigenvalue weighted by Crippen LogP contribution is -2.31. The molecule has 11 heteroatoms. The Morgan fingerprint density at radius 1 is 1.23 bits per heavy atom. The highest BCUT2D eigenvalue weighted by Crippen LogP contribution is 2.24. The first-order valence-electron chi connectivity index (χ1n) is 9.85. The highest BCUT2D eigenvalue weighted by atomic mass is 35.5. The fourth-order valence-corrected chi connectivity index (χ4v) is 3.42. The lowest BCUT2D eigenvalue weighted by Gasteiger charge is -2.10. The number of fused-ring (bicyclic) bond motifs is 1. The van der Waals surface area contributed by atoms with E-state index >= 15 is 0 Å². The maximum atomic E-state index is 12.1. The van der Waals surface area contributed by atoms with Crippen molar-refractivity contribution >= 4 is 46.1 Å². The van der Waals surface area contributed by atoms with Gasteiger partial charge in [-0.05, 0) is 30.0 Å². The summed E-state index contributed by atoms with van der Waals surface area (Å²) >= 11 is 7.40. The van der Waals surface area contributed by atoms with E-state index in [1.165, 1.54) is 0 Å². The van der Waals surface area contributed by atoms with Crippen LogP contribution in [0.2, 0.25) is 5.02 Å². The Morgan fingerprint density at radius 2 is 2.03 bits per heavy atom. The van der Waals surface area contributed by atoms with E-state index in [0.717, 1.165) is 22.6 Å². The van der Waals surface area contributed by atoms with Crippen LogP contribution in [-0.4, -0.2) is 64.8 Å². The maximum Gasteiger partial charge on any atom is 0.258 e.